The van der Waals surface area contributed by atoms with Gasteiger partial charge in [0, 0.05) is 0 Å². The highest BCUT2D eigenvalue weighted by atomic mass is 31.2. The molecule has 0 bridgehead atoms. The van der Waals surface area contributed by atoms with Crippen molar-refractivity contribution in [1.29, 1.82) is 0 Å². The summed E-state index contributed by atoms with van der Waals surface area (Å²) in [5.74, 6) is 0. The van der Waals surface area contributed by atoms with E-state index in [2.05, 4.69) is 23.9 Å². The van der Waals surface area contributed by atoms with Crippen molar-refractivity contribution in [2.45, 2.75) is 27.7 Å². The molecule has 16 heavy (non-hydrogen) atoms. The summed E-state index contributed by atoms with van der Waals surface area (Å²) in [4.78, 5) is 8.59. The van der Waals surface area contributed by atoms with Crippen molar-refractivity contribution in [3.05, 3.63) is 23.7 Å². The van der Waals surface area contributed by atoms with Crippen LogP contribution in [0.1, 0.15) is 27.7 Å². The zero-order valence-corrected chi connectivity index (χ0v) is 10.3. The topological polar surface area (TPSA) is 63.2 Å². The highest BCUT2D eigenvalue weighted by Gasteiger charge is 2.33. The Kier molecular flexibility index (Phi) is 7.00. The minimum Gasteiger partial charge on any atom is -0.335 e. The molecule has 94 valence electrons. The number of rotatable bonds is 7. The van der Waals surface area contributed by atoms with Gasteiger partial charge in [0.15, 0.2) is 0 Å². The van der Waals surface area contributed by atoms with E-state index in [-0.39, 0.29) is 0 Å². The lowest BCUT2D eigenvalue weighted by atomic mass is 10.4. The number of allylic oxidation sites excluding steroid dienone is 2. The predicted molar refractivity (Wildman–Crippen MR) is 53.0 cm³/mol. The minimum atomic E-state index is -4.51. The maximum absolute atomic E-state index is 11.9. The second kappa shape index (κ2) is 7.40. The van der Waals surface area contributed by atoms with Crippen LogP contribution in [-0.4, -0.2) is 0 Å². The summed E-state index contributed by atoms with van der Waals surface area (Å²) in [6, 6.07) is 0. The summed E-state index contributed by atoms with van der Waals surface area (Å²) in [6.45, 7) is 6.74. The first-order valence-electron chi connectivity index (χ1n) is 4.27. The van der Waals surface area contributed by atoms with E-state index in [9.17, 15) is 9.09 Å². The van der Waals surface area contributed by atoms with Gasteiger partial charge in [-0.15, -0.1) is 0 Å². The van der Waals surface area contributed by atoms with Gasteiger partial charge in [0.2, 0.25) is 0 Å². The molecule has 0 aliphatic rings. The quantitative estimate of drug-likeness (QED) is 0.299. The molecule has 8 heteroatoms. The standard InChI is InChI=1S/C8H14FO6P/c1-7(2)5-11-14-16(10,13-9)15-12-6-8(3)4/h5-6H,1-4H3. The van der Waals surface area contributed by atoms with E-state index in [1.54, 1.807) is 27.7 Å². The van der Waals surface area contributed by atoms with Gasteiger partial charge in [-0.3, -0.25) is 0 Å². The number of hydrogen-bond acceptors (Lipinski definition) is 6. The first-order valence-corrected chi connectivity index (χ1v) is 5.73. The molecule has 0 radical (unpaired) electrons. The fraction of sp³-hybridized carbons (Fsp3) is 0.500. The molecule has 0 heterocycles. The number of phosphoric acid groups is 1. The zero-order valence-electron chi connectivity index (χ0n) is 9.43. The van der Waals surface area contributed by atoms with E-state index in [0.29, 0.717) is 11.1 Å². The van der Waals surface area contributed by atoms with Gasteiger partial charge in [-0.2, -0.15) is 0 Å². The van der Waals surface area contributed by atoms with Crippen LogP contribution in [-0.2, 0) is 28.4 Å². The predicted octanol–water partition coefficient (Wildman–Crippen LogP) is 3.74. The van der Waals surface area contributed by atoms with Crippen LogP contribution in [0.3, 0.4) is 0 Å². The maximum Gasteiger partial charge on any atom is 0.578 e. The Labute approximate surface area is 93.0 Å². The van der Waals surface area contributed by atoms with Gasteiger partial charge in [0.1, 0.15) is 12.5 Å². The van der Waals surface area contributed by atoms with Crippen molar-refractivity contribution < 1.29 is 32.9 Å². The SMILES string of the molecule is CC(C)=COOP(=O)(OF)OOC=C(C)C. The molecule has 0 saturated carbocycles. The summed E-state index contributed by atoms with van der Waals surface area (Å²) in [7, 11) is -4.51. The lowest BCUT2D eigenvalue weighted by molar-refractivity contribution is -0.255. The molecule has 6 nitrogen and oxygen atoms in total. The number of hydrogen-bond donors (Lipinski definition) is 0. The Morgan fingerprint density at radius 2 is 1.38 bits per heavy atom. The Bertz CT molecular complexity index is 280. The molecular weight excluding hydrogens is 242 g/mol. The van der Waals surface area contributed by atoms with Crippen LogP contribution in [0.2, 0.25) is 0 Å². The summed E-state index contributed by atoms with van der Waals surface area (Å²) < 4.78 is 34.2. The van der Waals surface area contributed by atoms with E-state index in [1.807, 2.05) is 0 Å². The molecule has 0 spiro atoms. The van der Waals surface area contributed by atoms with Crippen molar-refractivity contribution in [3.63, 3.8) is 0 Å². The fourth-order valence-electron chi connectivity index (χ4n) is 0.376. The molecule has 0 atom stereocenters. The number of halogens is 1. The second-order valence-electron chi connectivity index (χ2n) is 3.25. The van der Waals surface area contributed by atoms with Gasteiger partial charge in [-0.1, -0.05) is 14.1 Å². The molecule has 0 unspecified atom stereocenters. The minimum absolute atomic E-state index is 0.704. The average Bonchev–Trinajstić information content (AvgIpc) is 2.16. The van der Waals surface area contributed by atoms with Gasteiger partial charge in [0.05, 0.1) is 0 Å². The van der Waals surface area contributed by atoms with Crippen LogP contribution >= 0.6 is 7.82 Å². The van der Waals surface area contributed by atoms with Crippen LogP contribution < -0.4 is 0 Å². The van der Waals surface area contributed by atoms with Crippen molar-refractivity contribution in [2.24, 2.45) is 0 Å². The van der Waals surface area contributed by atoms with Crippen LogP contribution in [0.5, 0.6) is 0 Å². The Hall–Kier alpha value is -0.880. The lowest BCUT2D eigenvalue weighted by Gasteiger charge is -2.08. The molecule has 0 aliphatic carbocycles. The monoisotopic (exact) mass is 256 g/mol. The van der Waals surface area contributed by atoms with E-state index < -0.39 is 7.82 Å². The molecule has 0 N–H and O–H groups in total. The molecule has 0 aliphatic heterocycles. The molecule has 0 amide bonds. The lowest BCUT2D eigenvalue weighted by Crippen LogP contribution is -1.94. The highest BCUT2D eigenvalue weighted by Crippen LogP contribution is 2.50. The first-order chi connectivity index (χ1) is 7.39. The van der Waals surface area contributed by atoms with Crippen molar-refractivity contribution in [1.82, 2.24) is 0 Å². The van der Waals surface area contributed by atoms with E-state index in [1.165, 1.54) is 0 Å². The molecule has 0 aromatic rings. The molecule has 0 saturated heterocycles. The van der Waals surface area contributed by atoms with Crippen LogP contribution in [0.4, 0.5) is 4.53 Å². The van der Waals surface area contributed by atoms with Gasteiger partial charge >= 0.3 is 7.82 Å². The highest BCUT2D eigenvalue weighted by molar-refractivity contribution is 7.48. The summed E-state index contributed by atoms with van der Waals surface area (Å²) in [5.41, 5.74) is 1.41. The van der Waals surface area contributed by atoms with Crippen molar-refractivity contribution >= 4 is 7.82 Å². The third kappa shape index (κ3) is 7.42. The first kappa shape index (κ1) is 15.1. The Balaban J connectivity index is 4.16. The van der Waals surface area contributed by atoms with E-state index in [0.717, 1.165) is 12.5 Å². The van der Waals surface area contributed by atoms with Gasteiger partial charge in [-0.05, 0) is 43.4 Å². The Morgan fingerprint density at radius 1 is 1.00 bits per heavy atom. The summed E-state index contributed by atoms with van der Waals surface area (Å²) in [6.07, 6.45) is 2.19. The maximum atomic E-state index is 11.9. The van der Waals surface area contributed by atoms with Crippen LogP contribution in [0.15, 0.2) is 23.7 Å². The largest absolute Gasteiger partial charge is 0.578 e. The summed E-state index contributed by atoms with van der Waals surface area (Å²) >= 11 is 0. The second-order valence-corrected chi connectivity index (χ2v) is 4.58. The van der Waals surface area contributed by atoms with Crippen LogP contribution in [0, 0.1) is 0 Å². The van der Waals surface area contributed by atoms with Crippen LogP contribution in [0.25, 0.3) is 0 Å². The van der Waals surface area contributed by atoms with E-state index >= 15 is 0 Å². The van der Waals surface area contributed by atoms with Crippen molar-refractivity contribution in [3.8, 4) is 0 Å². The average molecular weight is 256 g/mol. The fourth-order valence-corrected chi connectivity index (χ4v) is 0.744. The van der Waals surface area contributed by atoms with Gasteiger partial charge in [0.25, 0.3) is 0 Å². The van der Waals surface area contributed by atoms with Gasteiger partial charge < -0.3 is 9.78 Å². The zero-order chi connectivity index (χ0) is 12.6. The smallest absolute Gasteiger partial charge is 0.335 e. The van der Waals surface area contributed by atoms with E-state index in [4.69, 9.17) is 0 Å². The van der Waals surface area contributed by atoms with Gasteiger partial charge in [-0.25, -0.2) is 4.57 Å². The molecule has 0 aromatic heterocycles. The molecular formula is C8H14FO6P. The third-order valence-electron chi connectivity index (χ3n) is 0.921. The molecule has 0 aromatic carbocycles. The van der Waals surface area contributed by atoms with Crippen molar-refractivity contribution in [2.75, 3.05) is 0 Å². The molecule has 0 rings (SSSR count). The third-order valence-corrected chi connectivity index (χ3v) is 1.63. The molecule has 0 fully saturated rings. The normalized spacial score (nSPS) is 10.6. The Morgan fingerprint density at radius 3 is 1.62 bits per heavy atom. The summed E-state index contributed by atoms with van der Waals surface area (Å²) in [5, 5.41) is 0.